The number of nitrogens with zero attached hydrogens (tertiary/aromatic N) is 2. The van der Waals surface area contributed by atoms with Crippen LogP contribution in [0.15, 0.2) is 35.1 Å². The van der Waals surface area contributed by atoms with E-state index in [1.54, 1.807) is 0 Å². The minimum absolute atomic E-state index is 0.163. The highest BCUT2D eigenvalue weighted by molar-refractivity contribution is 9.10. The molecule has 0 bridgehead atoms. The second kappa shape index (κ2) is 5.71. The lowest BCUT2D eigenvalue weighted by atomic mass is 9.94. The molecule has 5 heteroatoms. The van der Waals surface area contributed by atoms with E-state index in [1.807, 2.05) is 24.3 Å². The maximum absolute atomic E-state index is 12.4. The summed E-state index contributed by atoms with van der Waals surface area (Å²) in [4.78, 5) is 20.8. The Morgan fingerprint density at radius 1 is 1.20 bits per heavy atom. The molecule has 0 unspecified atom stereocenters. The van der Waals surface area contributed by atoms with E-state index in [9.17, 15) is 4.79 Å². The fourth-order valence-corrected chi connectivity index (χ4v) is 2.87. The first-order valence-electron chi connectivity index (χ1n) is 6.64. The molecule has 0 atom stereocenters. The van der Waals surface area contributed by atoms with Crippen LogP contribution in [0.4, 0.5) is 5.69 Å². The van der Waals surface area contributed by atoms with E-state index in [0.29, 0.717) is 5.69 Å². The Balaban J connectivity index is 1.88. The third-order valence-electron chi connectivity index (χ3n) is 3.42. The second-order valence-corrected chi connectivity index (χ2v) is 5.73. The molecule has 0 fully saturated rings. The van der Waals surface area contributed by atoms with Gasteiger partial charge in [-0.1, -0.05) is 22.0 Å². The quantitative estimate of drug-likeness (QED) is 0.917. The van der Waals surface area contributed by atoms with Gasteiger partial charge in [0.15, 0.2) is 0 Å². The molecule has 1 aromatic heterocycles. The van der Waals surface area contributed by atoms with Crippen LogP contribution in [0, 0.1) is 0 Å². The van der Waals surface area contributed by atoms with Crippen molar-refractivity contribution < 1.29 is 4.79 Å². The molecule has 0 spiro atoms. The number of rotatable bonds is 2. The number of carbonyl (C=O) groups is 1. The number of aryl methyl sites for hydroxylation is 1. The van der Waals surface area contributed by atoms with E-state index in [2.05, 4.69) is 31.2 Å². The molecular weight excluding hydrogens is 318 g/mol. The molecule has 1 N–H and O–H groups in total. The normalized spacial score (nSPS) is 13.7. The van der Waals surface area contributed by atoms with E-state index in [1.165, 1.54) is 6.33 Å². The molecule has 102 valence electrons. The number of hydrogen-bond acceptors (Lipinski definition) is 3. The number of halogens is 1. The van der Waals surface area contributed by atoms with Crippen LogP contribution in [0.1, 0.15) is 34.6 Å². The summed E-state index contributed by atoms with van der Waals surface area (Å²) in [5.41, 5.74) is 3.29. The summed E-state index contributed by atoms with van der Waals surface area (Å²) in [5, 5.41) is 2.89. The summed E-state index contributed by atoms with van der Waals surface area (Å²) in [7, 11) is 0. The van der Waals surface area contributed by atoms with Gasteiger partial charge in [-0.05, 0) is 43.9 Å². The zero-order valence-corrected chi connectivity index (χ0v) is 12.5. The molecule has 2 aromatic rings. The van der Waals surface area contributed by atoms with Crippen molar-refractivity contribution in [2.75, 3.05) is 5.32 Å². The fraction of sp³-hybridized carbons (Fsp3) is 0.267. The lowest BCUT2D eigenvalue weighted by molar-refractivity contribution is 0.102. The molecule has 1 aromatic carbocycles. The molecule has 1 aliphatic rings. The summed E-state index contributed by atoms with van der Waals surface area (Å²) in [6, 6.07) is 7.53. The van der Waals surface area contributed by atoms with E-state index < -0.39 is 0 Å². The molecule has 0 radical (unpaired) electrons. The first-order chi connectivity index (χ1) is 9.74. The van der Waals surface area contributed by atoms with E-state index in [4.69, 9.17) is 0 Å². The van der Waals surface area contributed by atoms with E-state index in [-0.39, 0.29) is 5.91 Å². The van der Waals surface area contributed by atoms with Crippen molar-refractivity contribution in [2.45, 2.75) is 25.7 Å². The Morgan fingerprint density at radius 3 is 2.90 bits per heavy atom. The number of benzene rings is 1. The SMILES string of the molecule is O=C(Nc1cccc(Br)c1)c1ncnc2c1CCCC2. The third kappa shape index (κ3) is 2.72. The Hall–Kier alpha value is -1.75. The largest absolute Gasteiger partial charge is 0.321 e. The average molecular weight is 332 g/mol. The predicted molar refractivity (Wildman–Crippen MR) is 80.8 cm³/mol. The molecule has 0 saturated carbocycles. The van der Waals surface area contributed by atoms with Gasteiger partial charge in [0.25, 0.3) is 5.91 Å². The molecule has 1 aliphatic carbocycles. The van der Waals surface area contributed by atoms with Crippen LogP contribution in [-0.2, 0) is 12.8 Å². The first-order valence-corrected chi connectivity index (χ1v) is 7.43. The molecule has 20 heavy (non-hydrogen) atoms. The predicted octanol–water partition coefficient (Wildman–Crippen LogP) is 3.37. The van der Waals surface area contributed by atoms with E-state index >= 15 is 0 Å². The highest BCUT2D eigenvalue weighted by Gasteiger charge is 2.20. The maximum Gasteiger partial charge on any atom is 0.274 e. The van der Waals surface area contributed by atoms with Crippen molar-refractivity contribution in [3.63, 3.8) is 0 Å². The Kier molecular flexibility index (Phi) is 3.78. The van der Waals surface area contributed by atoms with Crippen molar-refractivity contribution in [3.8, 4) is 0 Å². The minimum atomic E-state index is -0.163. The van der Waals surface area contributed by atoms with Crippen molar-refractivity contribution in [2.24, 2.45) is 0 Å². The van der Waals surface area contributed by atoms with Crippen LogP contribution >= 0.6 is 15.9 Å². The summed E-state index contributed by atoms with van der Waals surface area (Å²) < 4.78 is 0.931. The van der Waals surface area contributed by atoms with Crippen molar-refractivity contribution in [1.29, 1.82) is 0 Å². The molecule has 4 nitrogen and oxygen atoms in total. The standard InChI is InChI=1S/C15H14BrN3O/c16-10-4-3-5-11(8-10)19-15(20)14-12-6-1-2-7-13(12)17-9-18-14/h3-5,8-9H,1-2,6-7H2,(H,19,20). The number of nitrogens with one attached hydrogen (secondary N) is 1. The van der Waals surface area contributed by atoms with Crippen molar-refractivity contribution in [3.05, 3.63) is 52.0 Å². The number of fused-ring (bicyclic) bond motifs is 1. The Labute approximate surface area is 125 Å². The van der Waals surface area contributed by atoms with Gasteiger partial charge >= 0.3 is 0 Å². The smallest absolute Gasteiger partial charge is 0.274 e. The fourth-order valence-electron chi connectivity index (χ4n) is 2.47. The van der Waals surface area contributed by atoms with Gasteiger partial charge in [0.1, 0.15) is 12.0 Å². The van der Waals surface area contributed by atoms with Gasteiger partial charge < -0.3 is 5.32 Å². The maximum atomic E-state index is 12.4. The molecule has 1 heterocycles. The van der Waals surface area contributed by atoms with Crippen LogP contribution < -0.4 is 5.32 Å². The topological polar surface area (TPSA) is 54.9 Å². The number of carbonyl (C=O) groups excluding carboxylic acids is 1. The van der Waals surface area contributed by atoms with Crippen LogP contribution in [0.25, 0.3) is 0 Å². The number of amides is 1. The minimum Gasteiger partial charge on any atom is -0.321 e. The molecule has 1 amide bonds. The molecular formula is C15H14BrN3O. The number of aromatic nitrogens is 2. The molecule has 3 rings (SSSR count). The van der Waals surface area contributed by atoms with Gasteiger partial charge in [-0.2, -0.15) is 0 Å². The van der Waals surface area contributed by atoms with Gasteiger partial charge in [-0.3, -0.25) is 4.79 Å². The van der Waals surface area contributed by atoms with Crippen LogP contribution in [-0.4, -0.2) is 15.9 Å². The van der Waals surface area contributed by atoms with Crippen molar-refractivity contribution in [1.82, 2.24) is 9.97 Å². The Morgan fingerprint density at radius 2 is 2.05 bits per heavy atom. The van der Waals surface area contributed by atoms with Gasteiger partial charge in [-0.25, -0.2) is 9.97 Å². The second-order valence-electron chi connectivity index (χ2n) is 4.82. The van der Waals surface area contributed by atoms with Gasteiger partial charge in [0, 0.05) is 21.4 Å². The van der Waals surface area contributed by atoms with Gasteiger partial charge in [0.05, 0.1) is 0 Å². The van der Waals surface area contributed by atoms with Crippen LogP contribution in [0.3, 0.4) is 0 Å². The highest BCUT2D eigenvalue weighted by Crippen LogP contribution is 2.22. The molecule has 0 saturated heterocycles. The number of hydrogen-bond donors (Lipinski definition) is 1. The zero-order chi connectivity index (χ0) is 13.9. The average Bonchev–Trinajstić information content (AvgIpc) is 2.46. The molecule has 0 aliphatic heterocycles. The first kappa shape index (κ1) is 13.2. The van der Waals surface area contributed by atoms with Crippen LogP contribution in [0.2, 0.25) is 0 Å². The van der Waals surface area contributed by atoms with Gasteiger partial charge in [-0.15, -0.1) is 0 Å². The summed E-state index contributed by atoms with van der Waals surface area (Å²) >= 11 is 3.39. The summed E-state index contributed by atoms with van der Waals surface area (Å²) in [6.07, 6.45) is 5.54. The van der Waals surface area contributed by atoms with Gasteiger partial charge in [0.2, 0.25) is 0 Å². The summed E-state index contributed by atoms with van der Waals surface area (Å²) in [5.74, 6) is -0.163. The summed E-state index contributed by atoms with van der Waals surface area (Å²) in [6.45, 7) is 0. The van der Waals surface area contributed by atoms with Crippen molar-refractivity contribution >= 4 is 27.5 Å². The zero-order valence-electron chi connectivity index (χ0n) is 10.9. The lowest BCUT2D eigenvalue weighted by Gasteiger charge is -2.16. The Bertz CT molecular complexity index is 657. The monoisotopic (exact) mass is 331 g/mol. The third-order valence-corrected chi connectivity index (χ3v) is 3.92. The van der Waals surface area contributed by atoms with E-state index in [0.717, 1.165) is 47.1 Å². The number of anilines is 1. The van der Waals surface area contributed by atoms with Crippen LogP contribution in [0.5, 0.6) is 0 Å². The highest BCUT2D eigenvalue weighted by atomic mass is 79.9. The lowest BCUT2D eigenvalue weighted by Crippen LogP contribution is -2.20.